The van der Waals surface area contributed by atoms with Gasteiger partial charge in [-0.2, -0.15) is 0 Å². The predicted octanol–water partition coefficient (Wildman–Crippen LogP) is 3.23. The highest BCUT2D eigenvalue weighted by atomic mass is 16.6. The fourth-order valence-electron chi connectivity index (χ4n) is 3.60. The summed E-state index contributed by atoms with van der Waals surface area (Å²) in [6, 6.07) is 20.3. The van der Waals surface area contributed by atoms with Crippen LogP contribution >= 0.6 is 0 Å². The largest absolute Gasteiger partial charge is 0.450 e. The second kappa shape index (κ2) is 12.8. The number of nitrogens with one attached hydrogen (secondary N) is 1. The summed E-state index contributed by atoms with van der Waals surface area (Å²) in [7, 11) is 0. The number of aromatic amines is 1. The number of hydrogen-bond donors (Lipinski definition) is 1. The number of esters is 2. The lowest BCUT2D eigenvalue weighted by atomic mass is 10.1. The summed E-state index contributed by atoms with van der Waals surface area (Å²) in [6.07, 6.45) is -1.47. The lowest BCUT2D eigenvalue weighted by molar-refractivity contribution is -0.0360. The van der Waals surface area contributed by atoms with Gasteiger partial charge in [0.15, 0.2) is 17.6 Å². The third-order valence-electron chi connectivity index (χ3n) is 5.41. The number of H-pyrrole nitrogens is 1. The third kappa shape index (κ3) is 7.11. The fraction of sp³-hybridized carbons (Fsp3) is 0.296. The Kier molecular flexibility index (Phi) is 8.98. The molecule has 0 saturated heterocycles. The van der Waals surface area contributed by atoms with Gasteiger partial charge in [0.25, 0.3) is 0 Å². The Balaban J connectivity index is 1.61. The summed E-state index contributed by atoms with van der Waals surface area (Å²) in [5, 5.41) is 0. The summed E-state index contributed by atoms with van der Waals surface area (Å²) >= 11 is 0. The molecular weight excluding hydrogens is 466 g/mol. The predicted molar refractivity (Wildman–Crippen MR) is 129 cm³/mol. The first-order valence-corrected chi connectivity index (χ1v) is 11.6. The van der Waals surface area contributed by atoms with Crippen LogP contribution in [0.3, 0.4) is 0 Å². The van der Waals surface area contributed by atoms with E-state index in [9.17, 15) is 14.4 Å². The number of rotatable bonds is 2. The molecule has 2 heterocycles. The van der Waals surface area contributed by atoms with Gasteiger partial charge in [0.1, 0.15) is 11.4 Å². The number of fused-ring (bicyclic) bond motifs is 2. The van der Waals surface area contributed by atoms with Crippen LogP contribution in [0.25, 0.3) is 0 Å². The van der Waals surface area contributed by atoms with Crippen LogP contribution in [0.15, 0.2) is 77.6 Å². The molecule has 0 fully saturated rings. The zero-order valence-electron chi connectivity index (χ0n) is 19.6. The van der Waals surface area contributed by atoms with Crippen molar-refractivity contribution in [3.05, 3.63) is 106 Å². The van der Waals surface area contributed by atoms with Crippen molar-refractivity contribution in [1.82, 2.24) is 4.98 Å². The lowest BCUT2D eigenvalue weighted by Crippen LogP contribution is -2.23. The van der Waals surface area contributed by atoms with Crippen molar-refractivity contribution in [3.8, 4) is 0 Å². The molecule has 0 unspecified atom stereocenters. The molecule has 0 spiro atoms. The first-order valence-electron chi connectivity index (χ1n) is 11.6. The summed E-state index contributed by atoms with van der Waals surface area (Å²) < 4.78 is 28.2. The van der Waals surface area contributed by atoms with Gasteiger partial charge >= 0.3 is 11.9 Å². The Labute approximate surface area is 207 Å². The minimum absolute atomic E-state index is 0.0837. The van der Waals surface area contributed by atoms with Crippen molar-refractivity contribution in [2.24, 2.45) is 0 Å². The molecule has 1 aliphatic rings. The molecule has 0 radical (unpaired) electrons. The number of carbonyl (C=O) groups excluding carboxylic acids is 2. The normalized spacial score (nSPS) is 20.4. The van der Waals surface area contributed by atoms with E-state index in [2.05, 4.69) is 4.98 Å². The van der Waals surface area contributed by atoms with E-state index in [1.54, 1.807) is 24.3 Å². The van der Waals surface area contributed by atoms with Crippen molar-refractivity contribution in [1.29, 1.82) is 0 Å². The maximum atomic E-state index is 13.0. The number of ether oxygens (including phenoxy) is 5. The van der Waals surface area contributed by atoms with Crippen LogP contribution in [0, 0.1) is 0 Å². The quantitative estimate of drug-likeness (QED) is 0.542. The van der Waals surface area contributed by atoms with Crippen LogP contribution in [-0.2, 0) is 23.7 Å². The molecule has 0 aliphatic carbocycles. The molecule has 36 heavy (non-hydrogen) atoms. The number of carbonyl (C=O) groups is 2. The average molecular weight is 494 g/mol. The van der Waals surface area contributed by atoms with Crippen LogP contribution in [0.4, 0.5) is 0 Å². The van der Waals surface area contributed by atoms with E-state index in [0.717, 1.165) is 23.3 Å². The van der Waals surface area contributed by atoms with Crippen LogP contribution in [-0.4, -0.2) is 56.6 Å². The van der Waals surface area contributed by atoms with E-state index in [4.69, 9.17) is 23.7 Å². The Hall–Kier alpha value is -3.79. The van der Waals surface area contributed by atoms with E-state index in [1.165, 1.54) is 0 Å². The van der Waals surface area contributed by atoms with Crippen LogP contribution < -0.4 is 5.43 Å². The summed E-state index contributed by atoms with van der Waals surface area (Å²) in [5.41, 5.74) is 0.551. The zero-order chi connectivity index (χ0) is 25.2. The first-order chi connectivity index (χ1) is 17.6. The molecule has 0 amide bonds. The SMILES string of the molecule is O=C1O[C@H](c2ccccc2)COCCOCCOC[C@@H](c2ccccc2)OC(=O)c2cc(=O)cc1[nH]2. The number of benzene rings is 2. The van der Waals surface area contributed by atoms with Gasteiger partial charge in [-0.1, -0.05) is 60.7 Å². The van der Waals surface area contributed by atoms with E-state index in [-0.39, 0.29) is 37.8 Å². The molecule has 2 bridgehead atoms. The molecule has 9 nitrogen and oxygen atoms in total. The minimum atomic E-state index is -0.806. The summed E-state index contributed by atoms with van der Waals surface area (Å²) in [6.45, 7) is 1.39. The van der Waals surface area contributed by atoms with Crippen LogP contribution in [0.1, 0.15) is 44.3 Å². The van der Waals surface area contributed by atoms with Crippen molar-refractivity contribution < 1.29 is 33.3 Å². The van der Waals surface area contributed by atoms with Gasteiger partial charge in [-0.3, -0.25) is 4.79 Å². The first kappa shape index (κ1) is 25.3. The highest BCUT2D eigenvalue weighted by molar-refractivity contribution is 5.91. The van der Waals surface area contributed by atoms with Gasteiger partial charge in [-0.15, -0.1) is 0 Å². The maximum Gasteiger partial charge on any atom is 0.355 e. The molecule has 9 heteroatoms. The van der Waals surface area contributed by atoms with Gasteiger partial charge in [-0.05, 0) is 11.1 Å². The van der Waals surface area contributed by atoms with E-state index in [0.29, 0.717) is 13.2 Å². The maximum absolute atomic E-state index is 13.0. The van der Waals surface area contributed by atoms with E-state index >= 15 is 0 Å². The van der Waals surface area contributed by atoms with Gasteiger partial charge in [-0.25, -0.2) is 9.59 Å². The fourth-order valence-corrected chi connectivity index (χ4v) is 3.60. The highest BCUT2D eigenvalue weighted by Gasteiger charge is 2.23. The van der Waals surface area contributed by atoms with Crippen molar-refractivity contribution >= 4 is 11.9 Å². The van der Waals surface area contributed by atoms with Gasteiger partial charge < -0.3 is 28.7 Å². The van der Waals surface area contributed by atoms with Crippen molar-refractivity contribution in [2.75, 3.05) is 39.6 Å². The van der Waals surface area contributed by atoms with Gasteiger partial charge in [0.05, 0.1) is 39.6 Å². The number of pyridine rings is 1. The highest BCUT2D eigenvalue weighted by Crippen LogP contribution is 2.21. The molecule has 3 aromatic rings. The smallest absolute Gasteiger partial charge is 0.355 e. The molecule has 1 aromatic heterocycles. The van der Waals surface area contributed by atoms with Crippen LogP contribution in [0.2, 0.25) is 0 Å². The van der Waals surface area contributed by atoms with E-state index in [1.807, 2.05) is 36.4 Å². The second-order valence-corrected chi connectivity index (χ2v) is 8.01. The lowest BCUT2D eigenvalue weighted by Gasteiger charge is -2.20. The summed E-state index contributed by atoms with van der Waals surface area (Å²) in [4.78, 5) is 40.9. The number of cyclic esters (lactones) is 2. The monoisotopic (exact) mass is 493 g/mol. The molecule has 0 saturated carbocycles. The average Bonchev–Trinajstić information content (AvgIpc) is 2.90. The van der Waals surface area contributed by atoms with Crippen molar-refractivity contribution in [3.63, 3.8) is 0 Å². The Morgan fingerprint density at radius 1 is 0.583 bits per heavy atom. The van der Waals surface area contributed by atoms with Crippen LogP contribution in [0.5, 0.6) is 0 Å². The Bertz CT molecular complexity index is 1110. The third-order valence-corrected chi connectivity index (χ3v) is 5.41. The van der Waals surface area contributed by atoms with Gasteiger partial charge in [0, 0.05) is 12.1 Å². The number of aromatic nitrogens is 1. The molecule has 188 valence electrons. The van der Waals surface area contributed by atoms with Gasteiger partial charge in [0.2, 0.25) is 0 Å². The number of hydrogen-bond acceptors (Lipinski definition) is 8. The van der Waals surface area contributed by atoms with E-state index < -0.39 is 29.6 Å². The van der Waals surface area contributed by atoms with Crippen molar-refractivity contribution in [2.45, 2.75) is 12.2 Å². The Morgan fingerprint density at radius 2 is 1.00 bits per heavy atom. The topological polar surface area (TPSA) is 113 Å². The minimum Gasteiger partial charge on any atom is -0.450 e. The molecule has 1 aliphatic heterocycles. The second-order valence-electron chi connectivity index (χ2n) is 8.01. The molecular formula is C27H27NO8. The zero-order valence-corrected chi connectivity index (χ0v) is 19.6. The molecule has 2 atom stereocenters. The molecule has 4 rings (SSSR count). The Morgan fingerprint density at radius 3 is 1.44 bits per heavy atom. The summed E-state index contributed by atoms with van der Waals surface area (Å²) in [5.74, 6) is -1.61. The molecule has 1 N–H and O–H groups in total. The standard InChI is InChI=1S/C27H27NO8/c29-21-15-22-26(30)35-24(19-7-3-1-4-8-19)17-33-13-11-32-12-14-34-18-25(20-9-5-2-6-10-20)36-27(31)23(16-21)28-22/h1-10,15-16,24-25H,11-14,17-18H2,(H,28,29)/t24-,25-/m0/s1. The molecule has 2 aromatic carbocycles.